The number of ether oxygens (including phenoxy) is 2. The van der Waals surface area contributed by atoms with Crippen molar-refractivity contribution in [2.24, 2.45) is 4.99 Å². The third-order valence-corrected chi connectivity index (χ3v) is 8.17. The van der Waals surface area contributed by atoms with Crippen LogP contribution in [0.2, 0.25) is 0 Å². The summed E-state index contributed by atoms with van der Waals surface area (Å²) in [4.78, 5) is 15.0. The summed E-state index contributed by atoms with van der Waals surface area (Å²) in [6.07, 6.45) is 1.49. The Hall–Kier alpha value is -4.17. The van der Waals surface area contributed by atoms with Crippen LogP contribution >= 0.6 is 15.9 Å². The van der Waals surface area contributed by atoms with Crippen molar-refractivity contribution in [3.05, 3.63) is 109 Å². The summed E-state index contributed by atoms with van der Waals surface area (Å²) in [6, 6.07) is 18.4. The Balaban J connectivity index is 1.45. The van der Waals surface area contributed by atoms with Crippen molar-refractivity contribution in [3.63, 3.8) is 0 Å². The van der Waals surface area contributed by atoms with Gasteiger partial charge < -0.3 is 14.6 Å². The number of rotatable bonds is 8. The first-order valence-corrected chi connectivity index (χ1v) is 13.1. The van der Waals surface area contributed by atoms with Crippen LogP contribution in [0, 0.1) is 37.8 Å². The molecule has 8 heteroatoms. The van der Waals surface area contributed by atoms with Gasteiger partial charge in [-0.25, -0.2) is 0 Å². The molecule has 0 amide bonds. The summed E-state index contributed by atoms with van der Waals surface area (Å²) in [6.45, 7) is 9.02. The van der Waals surface area contributed by atoms with E-state index in [1.54, 1.807) is 0 Å². The number of hydrogen-bond donors (Lipinski definition) is 1. The minimum absolute atomic E-state index is 0.0146. The largest absolute Gasteiger partial charge is 0.500 e. The minimum atomic E-state index is -0.662. The van der Waals surface area contributed by atoms with Gasteiger partial charge in [-0.3, -0.25) is 15.1 Å². The summed E-state index contributed by atoms with van der Waals surface area (Å²) in [7, 11) is 1.34. The minimum Gasteiger partial charge on any atom is -0.500 e. The van der Waals surface area contributed by atoms with E-state index in [2.05, 4.69) is 48.6 Å². The Morgan fingerprint density at radius 3 is 2.03 bits per heavy atom. The zero-order chi connectivity index (χ0) is 28.3. The molecule has 0 spiro atoms. The van der Waals surface area contributed by atoms with Gasteiger partial charge >= 0.3 is 5.69 Å². The van der Waals surface area contributed by atoms with Crippen molar-refractivity contribution in [2.45, 2.75) is 34.3 Å². The molecule has 4 aromatic carbocycles. The number of methoxy groups -OCH3 is 1. The first-order valence-electron chi connectivity index (χ1n) is 12.3. The van der Waals surface area contributed by atoms with Crippen molar-refractivity contribution < 1.29 is 19.5 Å². The van der Waals surface area contributed by atoms with E-state index in [0.717, 1.165) is 21.3 Å². The number of hydrogen-bond acceptors (Lipinski definition) is 6. The predicted molar refractivity (Wildman–Crippen MR) is 158 cm³/mol. The lowest BCUT2D eigenvalue weighted by Gasteiger charge is -2.18. The van der Waals surface area contributed by atoms with Crippen LogP contribution in [0.1, 0.15) is 33.4 Å². The molecule has 0 fully saturated rings. The molecule has 39 heavy (non-hydrogen) atoms. The number of benzene rings is 4. The van der Waals surface area contributed by atoms with Crippen LogP contribution < -0.4 is 9.47 Å². The van der Waals surface area contributed by atoms with Crippen LogP contribution in [0.5, 0.6) is 17.2 Å². The van der Waals surface area contributed by atoms with Crippen molar-refractivity contribution in [1.29, 1.82) is 0 Å². The molecule has 0 aliphatic rings. The molecule has 0 saturated carbocycles. The number of nitro benzene ring substituents is 1. The zero-order valence-corrected chi connectivity index (χ0v) is 24.0. The lowest BCUT2D eigenvalue weighted by atomic mass is 9.95. The van der Waals surface area contributed by atoms with Gasteiger partial charge in [-0.1, -0.05) is 40.2 Å². The normalized spacial score (nSPS) is 11.1. The molecule has 0 unspecified atom stereocenters. The van der Waals surface area contributed by atoms with E-state index >= 15 is 0 Å². The molecule has 0 aliphatic heterocycles. The molecule has 4 rings (SSSR count). The van der Waals surface area contributed by atoms with Gasteiger partial charge in [0.2, 0.25) is 5.75 Å². The lowest BCUT2D eigenvalue weighted by Crippen LogP contribution is -2.05. The summed E-state index contributed by atoms with van der Waals surface area (Å²) >= 11 is 3.70. The fourth-order valence-corrected chi connectivity index (χ4v) is 4.93. The maximum Gasteiger partial charge on any atom is 0.315 e. The van der Waals surface area contributed by atoms with Gasteiger partial charge in [-0.05, 0) is 97.0 Å². The molecular formula is C31H29BrN2O5. The van der Waals surface area contributed by atoms with Gasteiger partial charge in [0.25, 0.3) is 0 Å². The van der Waals surface area contributed by atoms with Crippen molar-refractivity contribution in [3.8, 4) is 28.4 Å². The molecular weight excluding hydrogens is 560 g/mol. The number of phenolic OH excluding ortho intramolecular Hbond substituents is 1. The van der Waals surface area contributed by atoms with Crippen LogP contribution in [0.4, 0.5) is 11.4 Å². The third-order valence-electron chi connectivity index (χ3n) is 6.98. The van der Waals surface area contributed by atoms with Gasteiger partial charge in [0.05, 0.1) is 17.7 Å². The van der Waals surface area contributed by atoms with E-state index in [0.29, 0.717) is 17.9 Å². The monoisotopic (exact) mass is 588 g/mol. The number of phenols is 1. The van der Waals surface area contributed by atoms with Crippen LogP contribution in [0.25, 0.3) is 11.1 Å². The average molecular weight is 589 g/mol. The molecule has 0 bridgehead atoms. The highest BCUT2D eigenvalue weighted by Gasteiger charge is 2.19. The molecule has 0 aliphatic carbocycles. The number of halogens is 1. The second kappa shape index (κ2) is 11.7. The lowest BCUT2D eigenvalue weighted by molar-refractivity contribution is -0.386. The van der Waals surface area contributed by atoms with Crippen LogP contribution in [-0.4, -0.2) is 23.4 Å². The second-order valence-corrected chi connectivity index (χ2v) is 10.1. The number of aliphatic imine (C=N–C) groups is 1. The molecule has 200 valence electrons. The van der Waals surface area contributed by atoms with Crippen molar-refractivity contribution >= 4 is 33.5 Å². The summed E-state index contributed by atoms with van der Waals surface area (Å²) in [5.74, 6) is 0.306. The topological polar surface area (TPSA) is 94.2 Å². The Labute approximate surface area is 236 Å². The molecule has 4 aromatic rings. The van der Waals surface area contributed by atoms with E-state index < -0.39 is 16.4 Å². The highest BCUT2D eigenvalue weighted by molar-refractivity contribution is 9.10. The van der Waals surface area contributed by atoms with Crippen LogP contribution in [0.3, 0.4) is 0 Å². The van der Waals surface area contributed by atoms with Gasteiger partial charge in [-0.2, -0.15) is 0 Å². The highest BCUT2D eigenvalue weighted by Crippen LogP contribution is 2.37. The smallest absolute Gasteiger partial charge is 0.315 e. The van der Waals surface area contributed by atoms with Gasteiger partial charge in [-0.15, -0.1) is 0 Å². The standard InChI is InChI=1S/C31H29BrN2O5/c1-18-20(3)30(32)21(4)19(2)27(18)17-39-26-12-8-24(9-13-26)23-6-10-25(11-7-23)33-16-22-14-28(34(36)37)31(35)29(15-22)38-5/h6-16,35H,17H2,1-5H3. The molecule has 7 nitrogen and oxygen atoms in total. The molecule has 0 heterocycles. The zero-order valence-electron chi connectivity index (χ0n) is 22.4. The predicted octanol–water partition coefficient (Wildman–Crippen LogP) is 8.30. The molecule has 0 saturated heterocycles. The van der Waals surface area contributed by atoms with E-state index in [1.807, 2.05) is 48.5 Å². The quantitative estimate of drug-likeness (QED) is 0.127. The Bertz CT molecular complexity index is 1530. The van der Waals surface area contributed by atoms with Gasteiger partial charge in [0.1, 0.15) is 12.4 Å². The van der Waals surface area contributed by atoms with Crippen molar-refractivity contribution in [2.75, 3.05) is 7.11 Å². The number of nitrogens with zero attached hydrogens (tertiary/aromatic N) is 2. The third kappa shape index (κ3) is 5.96. The number of nitro groups is 1. The molecule has 0 radical (unpaired) electrons. The van der Waals surface area contributed by atoms with Crippen molar-refractivity contribution in [1.82, 2.24) is 0 Å². The number of aromatic hydroxyl groups is 1. The fraction of sp³-hybridized carbons (Fsp3) is 0.194. The van der Waals surface area contributed by atoms with E-state index in [-0.39, 0.29) is 5.75 Å². The van der Waals surface area contributed by atoms with Gasteiger partial charge in [0.15, 0.2) is 5.75 Å². The molecule has 0 aromatic heterocycles. The van der Waals surface area contributed by atoms with E-state index in [9.17, 15) is 15.2 Å². The highest BCUT2D eigenvalue weighted by atomic mass is 79.9. The first kappa shape index (κ1) is 27.9. The van der Waals surface area contributed by atoms with Crippen LogP contribution in [0.15, 0.2) is 70.1 Å². The van der Waals surface area contributed by atoms with E-state index in [1.165, 1.54) is 53.3 Å². The van der Waals surface area contributed by atoms with E-state index in [4.69, 9.17) is 9.47 Å². The maximum atomic E-state index is 11.2. The Morgan fingerprint density at radius 1 is 0.923 bits per heavy atom. The maximum absolute atomic E-state index is 11.2. The summed E-state index contributed by atoms with van der Waals surface area (Å²) < 4.78 is 12.3. The Morgan fingerprint density at radius 2 is 1.49 bits per heavy atom. The molecule has 1 N–H and O–H groups in total. The summed E-state index contributed by atoms with van der Waals surface area (Å²) in [5, 5.41) is 21.1. The Kier molecular flexibility index (Phi) is 8.35. The summed E-state index contributed by atoms with van der Waals surface area (Å²) in [5.41, 5.74) is 8.92. The second-order valence-electron chi connectivity index (χ2n) is 9.26. The average Bonchev–Trinajstić information content (AvgIpc) is 2.95. The van der Waals surface area contributed by atoms with Crippen LogP contribution in [-0.2, 0) is 6.61 Å². The first-order chi connectivity index (χ1) is 18.6. The molecule has 0 atom stereocenters. The van der Waals surface area contributed by atoms with Gasteiger partial charge in [0, 0.05) is 22.3 Å². The SMILES string of the molecule is COc1cc(C=Nc2ccc(-c3ccc(OCc4c(C)c(C)c(Br)c(C)c4C)cc3)cc2)cc([N+](=O)[O-])c1O. The fourth-order valence-electron chi connectivity index (χ4n) is 4.33.